The van der Waals surface area contributed by atoms with Crippen molar-refractivity contribution in [3.63, 3.8) is 0 Å². The normalized spacial score (nSPS) is 15.5. The van der Waals surface area contributed by atoms with Crippen LogP contribution in [0.5, 0.6) is 0 Å². The largest absolute Gasteiger partial charge is 0.354 e. The number of hydrogen-bond donors (Lipinski definition) is 1. The number of H-pyrrole nitrogens is 1. The van der Waals surface area contributed by atoms with Crippen LogP contribution in [0.1, 0.15) is 56.2 Å². The second-order valence-corrected chi connectivity index (χ2v) is 9.87. The molecule has 0 saturated carbocycles. The fourth-order valence-electron chi connectivity index (χ4n) is 5.40. The van der Waals surface area contributed by atoms with E-state index < -0.39 is 0 Å². The van der Waals surface area contributed by atoms with Gasteiger partial charge in [0, 0.05) is 36.3 Å². The Morgan fingerprint density at radius 3 is 2.59 bits per heavy atom. The minimum Gasteiger partial charge on any atom is -0.354 e. The Morgan fingerprint density at radius 1 is 1.18 bits per heavy atom. The average molecular weight is 464 g/mol. The summed E-state index contributed by atoms with van der Waals surface area (Å²) in [5, 5.41) is 5.00. The first-order valence-corrected chi connectivity index (χ1v) is 12.3. The summed E-state index contributed by atoms with van der Waals surface area (Å²) < 4.78 is 17.9. The average Bonchev–Trinajstić information content (AvgIpc) is 3.46. The van der Waals surface area contributed by atoms with Gasteiger partial charge in [0.05, 0.1) is 17.4 Å². The first-order chi connectivity index (χ1) is 16.3. The van der Waals surface area contributed by atoms with E-state index in [4.69, 9.17) is 0 Å². The van der Waals surface area contributed by atoms with Crippen LogP contribution in [-0.4, -0.2) is 62.2 Å². The molecule has 5 heterocycles. The molecule has 0 amide bonds. The summed E-state index contributed by atoms with van der Waals surface area (Å²) in [6.07, 6.45) is 7.40. The predicted molar refractivity (Wildman–Crippen MR) is 135 cm³/mol. The third-order valence-corrected chi connectivity index (χ3v) is 7.66. The van der Waals surface area contributed by atoms with Crippen LogP contribution in [0.4, 0.5) is 10.2 Å². The van der Waals surface area contributed by atoms with E-state index in [2.05, 4.69) is 71.5 Å². The van der Waals surface area contributed by atoms with Crippen LogP contribution < -0.4 is 4.90 Å². The van der Waals surface area contributed by atoms with Crippen molar-refractivity contribution in [2.45, 2.75) is 59.4 Å². The first kappa shape index (κ1) is 22.8. The van der Waals surface area contributed by atoms with Gasteiger partial charge in [0.15, 0.2) is 17.3 Å². The monoisotopic (exact) mass is 463 g/mol. The topological polar surface area (TPSA) is 65.3 Å². The number of nitrogens with one attached hydrogen (secondary N) is 1. The number of piperidine rings is 1. The third kappa shape index (κ3) is 3.55. The maximum Gasteiger partial charge on any atom is 0.175 e. The molecule has 0 aliphatic carbocycles. The first-order valence-electron chi connectivity index (χ1n) is 12.3. The summed E-state index contributed by atoms with van der Waals surface area (Å²) >= 11 is 0. The van der Waals surface area contributed by atoms with Crippen molar-refractivity contribution in [1.29, 1.82) is 0 Å². The Balaban J connectivity index is 1.61. The quantitative estimate of drug-likeness (QED) is 0.448. The minimum atomic E-state index is -0.220. The number of pyridine rings is 2. The number of halogens is 1. The van der Waals surface area contributed by atoms with Gasteiger partial charge in [-0.25, -0.2) is 18.9 Å². The maximum atomic E-state index is 16.1. The summed E-state index contributed by atoms with van der Waals surface area (Å²) in [7, 11) is 2.17. The van der Waals surface area contributed by atoms with Crippen molar-refractivity contribution in [3.8, 4) is 11.3 Å². The number of aromatic amines is 1. The summed E-state index contributed by atoms with van der Waals surface area (Å²) in [5.41, 5.74) is 6.70. The van der Waals surface area contributed by atoms with Crippen LogP contribution in [-0.2, 0) is 0 Å². The van der Waals surface area contributed by atoms with E-state index >= 15 is 4.39 Å². The fraction of sp³-hybridized carbons (Fsp3) is 0.500. The fourth-order valence-corrected chi connectivity index (χ4v) is 5.40. The molecular formula is C26H34FN7. The Kier molecular flexibility index (Phi) is 5.80. The Labute approximate surface area is 200 Å². The van der Waals surface area contributed by atoms with Crippen molar-refractivity contribution in [1.82, 2.24) is 29.5 Å². The highest BCUT2D eigenvalue weighted by molar-refractivity contribution is 5.94. The summed E-state index contributed by atoms with van der Waals surface area (Å²) in [4.78, 5) is 17.0. The van der Waals surface area contributed by atoms with E-state index in [1.165, 1.54) is 0 Å². The van der Waals surface area contributed by atoms with Crippen molar-refractivity contribution in [2.24, 2.45) is 0 Å². The van der Waals surface area contributed by atoms with E-state index in [0.717, 1.165) is 71.6 Å². The van der Waals surface area contributed by atoms with Gasteiger partial charge in [-0.1, -0.05) is 20.8 Å². The molecule has 0 aromatic carbocycles. The minimum absolute atomic E-state index is 0.128. The van der Waals surface area contributed by atoms with Crippen LogP contribution in [0.3, 0.4) is 0 Å². The molecule has 1 saturated heterocycles. The van der Waals surface area contributed by atoms with Gasteiger partial charge in [-0.05, 0) is 62.9 Å². The maximum absolute atomic E-state index is 16.1. The molecule has 8 heteroatoms. The van der Waals surface area contributed by atoms with Gasteiger partial charge in [0.1, 0.15) is 6.33 Å². The molecule has 4 aromatic heterocycles. The number of anilines is 1. The summed E-state index contributed by atoms with van der Waals surface area (Å²) in [6, 6.07) is 0.552. The Morgan fingerprint density at radius 2 is 1.91 bits per heavy atom. The molecule has 0 radical (unpaired) electrons. The van der Waals surface area contributed by atoms with Crippen LogP contribution in [0.25, 0.3) is 27.8 Å². The number of hydrogen-bond acceptors (Lipinski definition) is 5. The predicted octanol–water partition coefficient (Wildman–Crippen LogP) is 5.07. The second kappa shape index (κ2) is 8.65. The van der Waals surface area contributed by atoms with Gasteiger partial charge in [-0.2, -0.15) is 5.10 Å². The molecule has 0 unspecified atom stereocenters. The van der Waals surface area contributed by atoms with Crippen molar-refractivity contribution in [3.05, 3.63) is 41.2 Å². The number of rotatable bonds is 5. The molecule has 180 valence electrons. The van der Waals surface area contributed by atoms with Gasteiger partial charge in [0.2, 0.25) is 0 Å². The number of fused-ring (bicyclic) bond motifs is 2. The van der Waals surface area contributed by atoms with E-state index in [1.807, 2.05) is 6.20 Å². The van der Waals surface area contributed by atoms with E-state index in [1.54, 1.807) is 17.0 Å². The molecular weight excluding hydrogens is 429 g/mol. The molecule has 7 nitrogen and oxygen atoms in total. The molecule has 4 aromatic rings. The molecule has 0 spiro atoms. The molecule has 0 bridgehead atoms. The molecule has 1 aliphatic heterocycles. The highest BCUT2D eigenvalue weighted by Gasteiger charge is 2.28. The van der Waals surface area contributed by atoms with Gasteiger partial charge >= 0.3 is 0 Å². The lowest BCUT2D eigenvalue weighted by atomic mass is 9.94. The molecule has 1 aliphatic rings. The third-order valence-electron chi connectivity index (χ3n) is 7.66. The van der Waals surface area contributed by atoms with Crippen LogP contribution in [0.2, 0.25) is 0 Å². The smallest absolute Gasteiger partial charge is 0.175 e. The zero-order chi connectivity index (χ0) is 24.1. The number of nitrogens with zero attached hydrogens (tertiary/aromatic N) is 6. The van der Waals surface area contributed by atoms with E-state index in [9.17, 15) is 0 Å². The molecule has 1 N–H and O–H groups in total. The zero-order valence-corrected chi connectivity index (χ0v) is 21.0. The van der Waals surface area contributed by atoms with Crippen LogP contribution >= 0.6 is 0 Å². The molecule has 0 atom stereocenters. The van der Waals surface area contributed by atoms with E-state index in [-0.39, 0.29) is 11.7 Å². The second-order valence-electron chi connectivity index (χ2n) is 9.87. The lowest BCUT2D eigenvalue weighted by molar-refractivity contribution is 0.217. The Hall–Kier alpha value is -3.00. The molecule has 1 fully saturated rings. The van der Waals surface area contributed by atoms with Crippen LogP contribution in [0.15, 0.2) is 18.7 Å². The summed E-state index contributed by atoms with van der Waals surface area (Å²) in [6.45, 7) is 13.2. The van der Waals surface area contributed by atoms with Gasteiger partial charge in [0.25, 0.3) is 0 Å². The lowest BCUT2D eigenvalue weighted by Gasteiger charge is -2.37. The molecule has 34 heavy (non-hydrogen) atoms. The SMILES string of the molecule is CCN(C)C1CCN(c2ncc3[nH]c(-c4cn5ncnc5c(C)c4C)c(C(C)C)c3c2F)CC1. The van der Waals surface area contributed by atoms with Gasteiger partial charge in [-0.15, -0.1) is 0 Å². The van der Waals surface area contributed by atoms with E-state index in [0.29, 0.717) is 17.2 Å². The standard InChI is InChI=1S/C26H34FN7/c1-7-32(6)18-8-10-33(11-9-18)26-23(27)22-20(12-28-26)31-24(21(22)15(2)3)19-13-34-25(29-14-30-34)17(5)16(19)4/h12-15,18,31H,7-11H2,1-6H3. The van der Waals surface area contributed by atoms with Crippen molar-refractivity contribution in [2.75, 3.05) is 31.6 Å². The highest BCUT2D eigenvalue weighted by atomic mass is 19.1. The number of aromatic nitrogens is 5. The van der Waals surface area contributed by atoms with Gasteiger partial charge < -0.3 is 14.8 Å². The lowest BCUT2D eigenvalue weighted by Crippen LogP contribution is -2.43. The highest BCUT2D eigenvalue weighted by Crippen LogP contribution is 2.40. The van der Waals surface area contributed by atoms with Crippen molar-refractivity contribution < 1.29 is 4.39 Å². The Bertz CT molecular complexity index is 1340. The molecule has 5 rings (SSSR count). The number of aryl methyl sites for hydroxylation is 1. The van der Waals surface area contributed by atoms with Crippen LogP contribution in [0, 0.1) is 19.7 Å². The zero-order valence-electron chi connectivity index (χ0n) is 21.0. The van der Waals surface area contributed by atoms with Gasteiger partial charge in [-0.3, -0.25) is 0 Å². The summed E-state index contributed by atoms with van der Waals surface area (Å²) in [5.74, 6) is 0.378. The van der Waals surface area contributed by atoms with Crippen molar-refractivity contribution >= 4 is 22.4 Å².